The van der Waals surface area contributed by atoms with Gasteiger partial charge in [0, 0.05) is 18.8 Å². The molecule has 0 spiro atoms. The largest absolute Gasteiger partial charge is 0.493 e. The van der Waals surface area contributed by atoms with Crippen LogP contribution >= 0.6 is 0 Å². The van der Waals surface area contributed by atoms with Crippen LogP contribution in [-0.2, 0) is 13.1 Å². The number of urea groups is 1. The molecule has 1 aromatic carbocycles. The Morgan fingerprint density at radius 3 is 2.53 bits per heavy atom. The van der Waals surface area contributed by atoms with Gasteiger partial charge in [0.2, 0.25) is 0 Å². The van der Waals surface area contributed by atoms with Crippen molar-refractivity contribution < 1.29 is 9.53 Å². The van der Waals surface area contributed by atoms with E-state index in [2.05, 4.69) is 42.2 Å². The van der Waals surface area contributed by atoms with Crippen LogP contribution in [0.5, 0.6) is 5.75 Å². The van der Waals surface area contributed by atoms with Crippen LogP contribution in [0.15, 0.2) is 42.6 Å². The van der Waals surface area contributed by atoms with Crippen LogP contribution in [0.1, 0.15) is 43.5 Å². The number of rotatable bonds is 8. The highest BCUT2D eigenvalue weighted by molar-refractivity contribution is 5.74. The van der Waals surface area contributed by atoms with Crippen LogP contribution in [0.25, 0.3) is 0 Å². The number of nitrogens with one attached hydrogen (secondary N) is 1. The minimum absolute atomic E-state index is 0.0918. The third-order valence-corrected chi connectivity index (χ3v) is 5.52. The number of hydrogen-bond donors (Lipinski definition) is 1. The third-order valence-electron chi connectivity index (χ3n) is 5.52. The zero-order valence-corrected chi connectivity index (χ0v) is 19.3. The minimum Gasteiger partial charge on any atom is -0.493 e. The van der Waals surface area contributed by atoms with Gasteiger partial charge >= 0.3 is 6.03 Å². The molecule has 2 heterocycles. The second-order valence-electron chi connectivity index (χ2n) is 8.88. The topological polar surface area (TPSA) is 81.5 Å². The number of piperidine rings is 1. The van der Waals surface area contributed by atoms with E-state index in [1.807, 2.05) is 24.3 Å². The second-order valence-corrected chi connectivity index (χ2v) is 8.88. The Bertz CT molecular complexity index is 897. The highest BCUT2D eigenvalue weighted by Crippen LogP contribution is 2.17. The van der Waals surface area contributed by atoms with Crippen molar-refractivity contribution in [2.24, 2.45) is 5.92 Å². The Morgan fingerprint density at radius 2 is 1.94 bits per heavy atom. The van der Waals surface area contributed by atoms with Gasteiger partial charge in [-0.2, -0.15) is 5.26 Å². The summed E-state index contributed by atoms with van der Waals surface area (Å²) in [5.41, 5.74) is 2.28. The normalized spacial score (nSPS) is 14.7. The molecule has 3 rings (SSSR count). The van der Waals surface area contributed by atoms with E-state index >= 15 is 0 Å². The minimum atomic E-state index is -0.0918. The number of likely N-dealkylation sites (tertiary alicyclic amines) is 1. The summed E-state index contributed by atoms with van der Waals surface area (Å²) in [5, 5.41) is 12.2. The zero-order valence-electron chi connectivity index (χ0n) is 19.3. The van der Waals surface area contributed by atoms with E-state index in [0.717, 1.165) is 42.9 Å². The van der Waals surface area contributed by atoms with E-state index in [9.17, 15) is 4.79 Å². The fourth-order valence-electron chi connectivity index (χ4n) is 3.57. The first kappa shape index (κ1) is 23.6. The Morgan fingerprint density at radius 1 is 1.22 bits per heavy atom. The lowest BCUT2D eigenvalue weighted by Gasteiger charge is -2.32. The van der Waals surface area contributed by atoms with Crippen LogP contribution in [0.2, 0.25) is 0 Å². The Balaban J connectivity index is 1.68. The van der Waals surface area contributed by atoms with Crippen molar-refractivity contribution in [1.29, 1.82) is 5.26 Å². The number of benzene rings is 1. The van der Waals surface area contributed by atoms with Gasteiger partial charge in [0.1, 0.15) is 11.8 Å². The van der Waals surface area contributed by atoms with Crippen molar-refractivity contribution in [2.75, 3.05) is 26.7 Å². The van der Waals surface area contributed by atoms with Gasteiger partial charge in [-0.1, -0.05) is 26.0 Å². The van der Waals surface area contributed by atoms with Crippen LogP contribution in [0.4, 0.5) is 4.79 Å². The highest BCUT2D eigenvalue weighted by atomic mass is 16.5. The molecule has 2 aromatic rings. The number of pyridine rings is 1. The number of nitriles is 1. The van der Waals surface area contributed by atoms with Gasteiger partial charge in [-0.25, -0.2) is 4.79 Å². The van der Waals surface area contributed by atoms with Crippen LogP contribution in [0.3, 0.4) is 0 Å². The van der Waals surface area contributed by atoms with E-state index in [1.54, 1.807) is 23.2 Å². The van der Waals surface area contributed by atoms with Gasteiger partial charge in [0.25, 0.3) is 0 Å². The first-order valence-electron chi connectivity index (χ1n) is 11.2. The Labute approximate surface area is 191 Å². The monoisotopic (exact) mass is 435 g/mol. The van der Waals surface area contributed by atoms with E-state index in [1.165, 1.54) is 0 Å². The molecule has 0 atom stereocenters. The lowest BCUT2D eigenvalue weighted by Crippen LogP contribution is -2.48. The highest BCUT2D eigenvalue weighted by Gasteiger charge is 2.22. The van der Waals surface area contributed by atoms with Crippen LogP contribution < -0.4 is 10.1 Å². The number of carbonyl (C=O) groups is 1. The van der Waals surface area contributed by atoms with Crippen LogP contribution in [-0.4, -0.2) is 53.6 Å². The number of ether oxygens (including phenoxy) is 1. The summed E-state index contributed by atoms with van der Waals surface area (Å²) in [6, 6.07) is 13.6. The van der Waals surface area contributed by atoms with Gasteiger partial charge in [-0.15, -0.1) is 0 Å². The average molecular weight is 436 g/mol. The Kier molecular flexibility index (Phi) is 8.46. The predicted molar refractivity (Wildman–Crippen MR) is 124 cm³/mol. The molecule has 1 fully saturated rings. The lowest BCUT2D eigenvalue weighted by molar-refractivity contribution is 0.175. The first-order valence-corrected chi connectivity index (χ1v) is 11.2. The number of carbonyl (C=O) groups excluding carboxylic acids is 1. The number of amides is 2. The third kappa shape index (κ3) is 7.24. The Hall–Kier alpha value is -3.11. The molecule has 7 nitrogen and oxygen atoms in total. The zero-order chi connectivity index (χ0) is 22.9. The summed E-state index contributed by atoms with van der Waals surface area (Å²) in [6.45, 7) is 7.72. The second kappa shape index (κ2) is 11.5. The van der Waals surface area contributed by atoms with E-state index in [0.29, 0.717) is 31.2 Å². The number of hydrogen-bond acceptors (Lipinski definition) is 5. The molecule has 2 amide bonds. The summed E-state index contributed by atoms with van der Waals surface area (Å²) in [6.07, 6.45) is 3.45. The molecule has 0 aliphatic carbocycles. The molecule has 7 heteroatoms. The molecule has 0 saturated carbocycles. The number of aromatic nitrogens is 1. The predicted octanol–water partition coefficient (Wildman–Crippen LogP) is 3.79. The summed E-state index contributed by atoms with van der Waals surface area (Å²) in [4.78, 5) is 21.6. The maximum Gasteiger partial charge on any atom is 0.318 e. The van der Waals surface area contributed by atoms with Gasteiger partial charge in [-0.3, -0.25) is 4.98 Å². The quantitative estimate of drug-likeness (QED) is 0.682. The molecule has 0 bridgehead atoms. The maximum absolute atomic E-state index is 13.2. The standard InChI is InChI=1S/C25H33N5O2/c1-19(2)18-32-24-8-5-20(6-9-24)16-30(17-23-7-4-21(14-26)15-27-23)25(31)28-22-10-12-29(3)13-11-22/h4-9,15,19,22H,10-13,16-18H2,1-3H3,(H,28,31). The molecule has 1 saturated heterocycles. The van der Waals surface area contributed by atoms with Crippen molar-refractivity contribution in [3.05, 3.63) is 59.4 Å². The molecule has 32 heavy (non-hydrogen) atoms. The molecule has 1 aliphatic heterocycles. The van der Waals surface area contributed by atoms with Gasteiger partial charge in [0.05, 0.1) is 24.4 Å². The van der Waals surface area contributed by atoms with Gasteiger partial charge in [-0.05, 0) is 68.7 Å². The van der Waals surface area contributed by atoms with Crippen molar-refractivity contribution >= 4 is 6.03 Å². The van der Waals surface area contributed by atoms with Crippen molar-refractivity contribution in [2.45, 2.75) is 45.8 Å². The lowest BCUT2D eigenvalue weighted by atomic mass is 10.1. The summed E-state index contributed by atoms with van der Waals surface area (Å²) >= 11 is 0. The number of nitrogens with zero attached hydrogens (tertiary/aromatic N) is 4. The average Bonchev–Trinajstić information content (AvgIpc) is 2.80. The van der Waals surface area contributed by atoms with E-state index in [-0.39, 0.29) is 12.1 Å². The smallest absolute Gasteiger partial charge is 0.318 e. The summed E-state index contributed by atoms with van der Waals surface area (Å²) < 4.78 is 5.77. The molecular weight excluding hydrogens is 402 g/mol. The maximum atomic E-state index is 13.2. The van der Waals surface area contributed by atoms with Gasteiger partial charge < -0.3 is 19.9 Å². The fraction of sp³-hybridized carbons (Fsp3) is 0.480. The molecule has 0 unspecified atom stereocenters. The van der Waals surface area contributed by atoms with Crippen molar-refractivity contribution in [3.8, 4) is 11.8 Å². The van der Waals surface area contributed by atoms with E-state index in [4.69, 9.17) is 10.00 Å². The molecule has 0 radical (unpaired) electrons. The van der Waals surface area contributed by atoms with E-state index < -0.39 is 0 Å². The molecule has 1 N–H and O–H groups in total. The molecule has 170 valence electrons. The van der Waals surface area contributed by atoms with Crippen molar-refractivity contribution in [1.82, 2.24) is 20.1 Å². The summed E-state index contributed by atoms with van der Waals surface area (Å²) in [5.74, 6) is 1.30. The molecule has 1 aromatic heterocycles. The SMILES string of the molecule is CC(C)COc1ccc(CN(Cc2ccc(C#N)cn2)C(=O)NC2CCN(C)CC2)cc1. The molecule has 1 aliphatic rings. The first-order chi connectivity index (χ1) is 15.4. The summed E-state index contributed by atoms with van der Waals surface area (Å²) in [7, 11) is 2.11. The van der Waals surface area contributed by atoms with Crippen molar-refractivity contribution in [3.63, 3.8) is 0 Å². The fourth-order valence-corrected chi connectivity index (χ4v) is 3.57. The molecular formula is C25H33N5O2. The van der Waals surface area contributed by atoms with Gasteiger partial charge in [0.15, 0.2) is 0 Å². The van der Waals surface area contributed by atoms with Crippen LogP contribution in [0, 0.1) is 17.2 Å².